The molecule has 5 heteroatoms. The summed E-state index contributed by atoms with van der Waals surface area (Å²) in [6, 6.07) is 3.67. The van der Waals surface area contributed by atoms with Crippen molar-refractivity contribution in [2.75, 3.05) is 7.11 Å². The molecular weight excluding hydrogens is 224 g/mol. The summed E-state index contributed by atoms with van der Waals surface area (Å²) in [5.41, 5.74) is 6.52. The molecule has 1 aromatic carbocycles. The van der Waals surface area contributed by atoms with Gasteiger partial charge in [-0.1, -0.05) is 6.07 Å². The van der Waals surface area contributed by atoms with Crippen LogP contribution in [0.4, 0.5) is 8.78 Å². The van der Waals surface area contributed by atoms with Gasteiger partial charge in [0.15, 0.2) is 0 Å². The van der Waals surface area contributed by atoms with Crippen LogP contribution in [0, 0.1) is 6.92 Å². The van der Waals surface area contributed by atoms with Crippen LogP contribution >= 0.6 is 12.4 Å². The van der Waals surface area contributed by atoms with Crippen LogP contribution in [0.25, 0.3) is 0 Å². The second-order valence-corrected chi connectivity index (χ2v) is 3.08. The van der Waals surface area contributed by atoms with Crippen molar-refractivity contribution in [1.29, 1.82) is 0 Å². The Morgan fingerprint density at radius 2 is 1.93 bits per heavy atom. The van der Waals surface area contributed by atoms with Crippen molar-refractivity contribution in [1.82, 2.24) is 0 Å². The van der Waals surface area contributed by atoms with Crippen molar-refractivity contribution in [2.45, 2.75) is 19.4 Å². The first-order valence-electron chi connectivity index (χ1n) is 4.24. The number of ether oxygens (including phenoxy) is 1. The standard InChI is InChI=1S/C10H13F2NO.ClH/c1-6-5-7(14-2)3-4-8(6)9(13)10(11)12;/h3-5,9-10H,13H2,1-2H3;1H/t9-;/m0./s1. The Labute approximate surface area is 93.8 Å². The molecule has 0 saturated carbocycles. The number of halogens is 3. The fraction of sp³-hybridized carbons (Fsp3) is 0.400. The zero-order valence-corrected chi connectivity index (χ0v) is 9.35. The molecule has 2 nitrogen and oxygen atoms in total. The summed E-state index contributed by atoms with van der Waals surface area (Å²) >= 11 is 0. The predicted molar refractivity (Wildman–Crippen MR) is 57.9 cm³/mol. The van der Waals surface area contributed by atoms with Crippen molar-refractivity contribution in [2.24, 2.45) is 5.73 Å². The third-order valence-corrected chi connectivity index (χ3v) is 2.11. The Hall–Kier alpha value is -0.870. The average Bonchev–Trinajstić information content (AvgIpc) is 2.16. The monoisotopic (exact) mass is 237 g/mol. The topological polar surface area (TPSA) is 35.2 Å². The van der Waals surface area contributed by atoms with Gasteiger partial charge in [-0.25, -0.2) is 8.78 Å². The highest BCUT2D eigenvalue weighted by Crippen LogP contribution is 2.24. The Bertz CT molecular complexity index is 320. The molecule has 0 bridgehead atoms. The SMILES string of the molecule is COc1ccc([C@H](N)C(F)F)c(C)c1.Cl. The highest BCUT2D eigenvalue weighted by atomic mass is 35.5. The zero-order valence-electron chi connectivity index (χ0n) is 8.54. The lowest BCUT2D eigenvalue weighted by Gasteiger charge is -2.14. The van der Waals surface area contributed by atoms with Crippen LogP contribution in [0.5, 0.6) is 5.75 Å². The van der Waals surface area contributed by atoms with Crippen molar-refractivity contribution in [3.63, 3.8) is 0 Å². The van der Waals surface area contributed by atoms with E-state index in [-0.39, 0.29) is 12.4 Å². The van der Waals surface area contributed by atoms with Crippen molar-refractivity contribution >= 4 is 12.4 Å². The third-order valence-electron chi connectivity index (χ3n) is 2.11. The van der Waals surface area contributed by atoms with Crippen LogP contribution in [0.2, 0.25) is 0 Å². The number of rotatable bonds is 3. The number of alkyl halides is 2. The van der Waals surface area contributed by atoms with E-state index in [0.29, 0.717) is 11.3 Å². The minimum atomic E-state index is -2.54. The number of aryl methyl sites for hydroxylation is 1. The number of nitrogens with two attached hydrogens (primary N) is 1. The molecule has 0 aliphatic heterocycles. The smallest absolute Gasteiger partial charge is 0.257 e. The lowest BCUT2D eigenvalue weighted by molar-refractivity contribution is 0.116. The van der Waals surface area contributed by atoms with Crippen LogP contribution in [-0.4, -0.2) is 13.5 Å². The zero-order chi connectivity index (χ0) is 10.7. The third kappa shape index (κ3) is 3.32. The van der Waals surface area contributed by atoms with Crippen molar-refractivity contribution < 1.29 is 13.5 Å². The molecule has 1 atom stereocenters. The average molecular weight is 238 g/mol. The number of hydrogen-bond donors (Lipinski definition) is 1. The van der Waals surface area contributed by atoms with E-state index in [4.69, 9.17) is 10.5 Å². The Balaban J connectivity index is 0.00000196. The summed E-state index contributed by atoms with van der Waals surface area (Å²) in [4.78, 5) is 0. The Morgan fingerprint density at radius 1 is 1.33 bits per heavy atom. The lowest BCUT2D eigenvalue weighted by Crippen LogP contribution is -2.19. The molecule has 0 heterocycles. The predicted octanol–water partition coefficient (Wildman–Crippen LogP) is 2.69. The number of benzene rings is 1. The van der Waals surface area contributed by atoms with E-state index in [1.165, 1.54) is 7.11 Å². The molecular formula is C10H14ClF2NO. The van der Waals surface area contributed by atoms with E-state index in [2.05, 4.69) is 0 Å². The maximum Gasteiger partial charge on any atom is 0.257 e. The maximum absolute atomic E-state index is 12.3. The molecule has 0 unspecified atom stereocenters. The van der Waals surface area contributed by atoms with Gasteiger partial charge in [-0.15, -0.1) is 12.4 Å². The highest BCUT2D eigenvalue weighted by molar-refractivity contribution is 5.85. The second kappa shape index (κ2) is 5.88. The van der Waals surface area contributed by atoms with Gasteiger partial charge in [0, 0.05) is 0 Å². The van der Waals surface area contributed by atoms with Gasteiger partial charge in [0.2, 0.25) is 0 Å². The molecule has 2 N–H and O–H groups in total. The number of hydrogen-bond acceptors (Lipinski definition) is 2. The fourth-order valence-electron chi connectivity index (χ4n) is 1.28. The lowest BCUT2D eigenvalue weighted by atomic mass is 10.0. The van der Waals surface area contributed by atoms with Gasteiger partial charge < -0.3 is 10.5 Å². The molecule has 86 valence electrons. The van der Waals surface area contributed by atoms with E-state index >= 15 is 0 Å². The van der Waals surface area contributed by atoms with Crippen molar-refractivity contribution in [3.8, 4) is 5.75 Å². The van der Waals surface area contributed by atoms with Gasteiger partial charge in [0.25, 0.3) is 6.43 Å². The molecule has 0 aromatic heterocycles. The Morgan fingerprint density at radius 3 is 2.33 bits per heavy atom. The first-order valence-corrected chi connectivity index (χ1v) is 4.24. The normalized spacial score (nSPS) is 12.1. The summed E-state index contributed by atoms with van der Waals surface area (Å²) in [5, 5.41) is 0. The molecule has 0 spiro atoms. The molecule has 0 fully saturated rings. The summed E-state index contributed by atoms with van der Waals surface area (Å²) < 4.78 is 29.6. The molecule has 0 aliphatic carbocycles. The van der Waals surface area contributed by atoms with E-state index in [1.807, 2.05) is 0 Å². The summed E-state index contributed by atoms with van der Waals surface area (Å²) in [7, 11) is 1.53. The summed E-state index contributed by atoms with van der Waals surface area (Å²) in [6.07, 6.45) is -2.54. The summed E-state index contributed by atoms with van der Waals surface area (Å²) in [6.45, 7) is 1.74. The van der Waals surface area contributed by atoms with Crippen molar-refractivity contribution in [3.05, 3.63) is 29.3 Å². The van der Waals surface area contributed by atoms with Crippen LogP contribution in [0.15, 0.2) is 18.2 Å². The maximum atomic E-state index is 12.3. The minimum absolute atomic E-state index is 0. The molecule has 0 radical (unpaired) electrons. The highest BCUT2D eigenvalue weighted by Gasteiger charge is 2.19. The van der Waals surface area contributed by atoms with Gasteiger partial charge in [-0.2, -0.15) is 0 Å². The first-order chi connectivity index (χ1) is 6.56. The molecule has 1 rings (SSSR count). The first kappa shape index (κ1) is 14.1. The van der Waals surface area contributed by atoms with E-state index in [0.717, 1.165) is 5.56 Å². The fourth-order valence-corrected chi connectivity index (χ4v) is 1.28. The minimum Gasteiger partial charge on any atom is -0.497 e. The van der Waals surface area contributed by atoms with Gasteiger partial charge in [-0.3, -0.25) is 0 Å². The van der Waals surface area contributed by atoms with Crippen LogP contribution in [-0.2, 0) is 0 Å². The van der Waals surface area contributed by atoms with E-state index < -0.39 is 12.5 Å². The molecule has 0 amide bonds. The van der Waals surface area contributed by atoms with Gasteiger partial charge in [0.05, 0.1) is 13.2 Å². The van der Waals surface area contributed by atoms with E-state index in [9.17, 15) is 8.78 Å². The van der Waals surface area contributed by atoms with Crippen LogP contribution < -0.4 is 10.5 Å². The van der Waals surface area contributed by atoms with Gasteiger partial charge in [0.1, 0.15) is 5.75 Å². The summed E-state index contributed by atoms with van der Waals surface area (Å²) in [5.74, 6) is 0.646. The molecule has 15 heavy (non-hydrogen) atoms. The molecule has 0 aliphatic rings. The second-order valence-electron chi connectivity index (χ2n) is 3.08. The van der Waals surface area contributed by atoms with Crippen LogP contribution in [0.1, 0.15) is 17.2 Å². The van der Waals surface area contributed by atoms with Gasteiger partial charge >= 0.3 is 0 Å². The molecule has 1 aromatic rings. The van der Waals surface area contributed by atoms with Gasteiger partial charge in [-0.05, 0) is 30.2 Å². The largest absolute Gasteiger partial charge is 0.497 e. The number of methoxy groups -OCH3 is 1. The molecule has 0 saturated heterocycles. The quantitative estimate of drug-likeness (QED) is 0.877. The van der Waals surface area contributed by atoms with E-state index in [1.54, 1.807) is 25.1 Å². The van der Waals surface area contributed by atoms with Crippen LogP contribution in [0.3, 0.4) is 0 Å². The Kier molecular flexibility index (Phi) is 5.54.